The third-order valence-corrected chi connectivity index (χ3v) is 4.29. The monoisotopic (exact) mass is 278 g/mol. The van der Waals surface area contributed by atoms with E-state index in [4.69, 9.17) is 4.74 Å². The Morgan fingerprint density at radius 1 is 1.30 bits per heavy atom. The van der Waals surface area contributed by atoms with Gasteiger partial charge in [0.25, 0.3) is 0 Å². The number of rotatable bonds is 5. The molecule has 2 rings (SSSR count). The molecule has 1 aliphatic rings. The van der Waals surface area contributed by atoms with Gasteiger partial charge in [0.15, 0.2) is 0 Å². The number of hydrogen-bond donors (Lipinski definition) is 2. The fraction of sp³-hybridized carbons (Fsp3) is 0.625. The van der Waals surface area contributed by atoms with Crippen LogP contribution in [0.1, 0.15) is 26.7 Å². The van der Waals surface area contributed by atoms with Crippen LogP contribution < -0.4 is 10.1 Å². The molecule has 1 fully saturated rings. The molecule has 4 nitrogen and oxygen atoms in total. The van der Waals surface area contributed by atoms with Crippen LogP contribution in [0, 0.1) is 0 Å². The number of nitrogens with one attached hydrogen (secondary N) is 1. The molecule has 0 radical (unpaired) electrons. The highest BCUT2D eigenvalue weighted by molar-refractivity contribution is 5.57. The first-order valence-corrected chi connectivity index (χ1v) is 7.36. The van der Waals surface area contributed by atoms with E-state index in [-0.39, 0.29) is 12.1 Å². The molecule has 1 saturated heterocycles. The van der Waals surface area contributed by atoms with Crippen molar-refractivity contribution < 1.29 is 9.84 Å². The molecule has 4 heteroatoms. The summed E-state index contributed by atoms with van der Waals surface area (Å²) in [6.07, 6.45) is 1.89. The van der Waals surface area contributed by atoms with E-state index in [0.29, 0.717) is 6.04 Å². The van der Waals surface area contributed by atoms with Crippen molar-refractivity contribution in [2.75, 3.05) is 32.1 Å². The largest absolute Gasteiger partial charge is 0.495 e. The minimum absolute atomic E-state index is 0.150. The zero-order valence-corrected chi connectivity index (χ0v) is 12.7. The molecule has 1 aromatic rings. The third-order valence-electron chi connectivity index (χ3n) is 4.29. The highest BCUT2D eigenvalue weighted by Gasteiger charge is 2.35. The molecular weight excluding hydrogens is 252 g/mol. The lowest BCUT2D eigenvalue weighted by molar-refractivity contribution is 0.100. The number of piperidine rings is 1. The molecule has 112 valence electrons. The Balaban J connectivity index is 2.09. The lowest BCUT2D eigenvalue weighted by Crippen LogP contribution is -2.53. The Kier molecular flexibility index (Phi) is 4.89. The predicted octanol–water partition coefficient (Wildman–Crippen LogP) is 2.34. The standard InChI is InChI=1S/C16H26N2O2/c1-13(2)18-10-8-16(12-19,9-11-18)17-14-6-4-5-7-15(14)20-3/h4-7,13,17,19H,8-12H2,1-3H3. The summed E-state index contributed by atoms with van der Waals surface area (Å²) >= 11 is 0. The average Bonchev–Trinajstić information content (AvgIpc) is 2.48. The molecule has 1 heterocycles. The minimum atomic E-state index is -0.236. The Morgan fingerprint density at radius 2 is 1.95 bits per heavy atom. The molecule has 0 unspecified atom stereocenters. The first kappa shape index (κ1) is 15.1. The molecule has 0 saturated carbocycles. The van der Waals surface area contributed by atoms with Gasteiger partial charge in [-0.1, -0.05) is 12.1 Å². The fourth-order valence-electron chi connectivity index (χ4n) is 2.82. The lowest BCUT2D eigenvalue weighted by Gasteiger charge is -2.43. The van der Waals surface area contributed by atoms with Crippen molar-refractivity contribution in [1.82, 2.24) is 4.90 Å². The number of hydrogen-bond acceptors (Lipinski definition) is 4. The van der Waals surface area contributed by atoms with Crippen molar-refractivity contribution in [1.29, 1.82) is 0 Å². The second-order valence-corrected chi connectivity index (χ2v) is 5.89. The van der Waals surface area contributed by atoms with E-state index in [1.807, 2.05) is 24.3 Å². The first-order valence-electron chi connectivity index (χ1n) is 7.36. The molecule has 0 atom stereocenters. The third kappa shape index (κ3) is 3.25. The quantitative estimate of drug-likeness (QED) is 0.868. The van der Waals surface area contributed by atoms with Crippen LogP contribution in [0.3, 0.4) is 0 Å². The number of aliphatic hydroxyl groups is 1. The average molecular weight is 278 g/mol. The summed E-state index contributed by atoms with van der Waals surface area (Å²) in [6, 6.07) is 8.45. The maximum atomic E-state index is 9.87. The van der Waals surface area contributed by atoms with Crippen molar-refractivity contribution in [3.05, 3.63) is 24.3 Å². The van der Waals surface area contributed by atoms with Gasteiger partial charge in [0.2, 0.25) is 0 Å². The number of benzene rings is 1. The first-order chi connectivity index (χ1) is 9.60. The van der Waals surface area contributed by atoms with Crippen LogP contribution in [0.25, 0.3) is 0 Å². The van der Waals surface area contributed by atoms with Gasteiger partial charge in [-0.15, -0.1) is 0 Å². The van der Waals surface area contributed by atoms with Gasteiger partial charge in [0.05, 0.1) is 24.9 Å². The van der Waals surface area contributed by atoms with Crippen molar-refractivity contribution in [2.45, 2.75) is 38.3 Å². The predicted molar refractivity (Wildman–Crippen MR) is 82.4 cm³/mol. The van der Waals surface area contributed by atoms with Crippen molar-refractivity contribution in [3.8, 4) is 5.75 Å². The Labute approximate surface area is 121 Å². The van der Waals surface area contributed by atoms with Crippen molar-refractivity contribution in [3.63, 3.8) is 0 Å². The van der Waals surface area contributed by atoms with Gasteiger partial charge in [0.1, 0.15) is 5.75 Å². The van der Waals surface area contributed by atoms with Gasteiger partial charge in [-0.25, -0.2) is 0 Å². The van der Waals surface area contributed by atoms with Gasteiger partial charge < -0.3 is 20.1 Å². The van der Waals surface area contributed by atoms with Crippen molar-refractivity contribution in [2.24, 2.45) is 0 Å². The van der Waals surface area contributed by atoms with Crippen LogP contribution in [-0.2, 0) is 0 Å². The summed E-state index contributed by atoms with van der Waals surface area (Å²) in [7, 11) is 1.67. The highest BCUT2D eigenvalue weighted by Crippen LogP contribution is 2.32. The van der Waals surface area contributed by atoms with E-state index in [1.165, 1.54) is 0 Å². The molecule has 0 aromatic heterocycles. The number of anilines is 1. The summed E-state index contributed by atoms with van der Waals surface area (Å²) in [5, 5.41) is 13.4. The van der Waals surface area contributed by atoms with Crippen LogP contribution in [0.15, 0.2) is 24.3 Å². The minimum Gasteiger partial charge on any atom is -0.495 e. The molecule has 2 N–H and O–H groups in total. The zero-order valence-electron chi connectivity index (χ0n) is 12.7. The van der Waals surface area contributed by atoms with E-state index in [9.17, 15) is 5.11 Å². The van der Waals surface area contributed by atoms with Gasteiger partial charge in [0, 0.05) is 19.1 Å². The van der Waals surface area contributed by atoms with Gasteiger partial charge in [-0.3, -0.25) is 0 Å². The summed E-state index contributed by atoms with van der Waals surface area (Å²) in [5.74, 6) is 0.826. The lowest BCUT2D eigenvalue weighted by atomic mass is 9.87. The Bertz CT molecular complexity index is 426. The number of para-hydroxylation sites is 2. The number of ether oxygens (including phenoxy) is 1. The summed E-state index contributed by atoms with van der Waals surface area (Å²) in [4.78, 5) is 2.46. The second kappa shape index (κ2) is 6.46. The molecule has 20 heavy (non-hydrogen) atoms. The molecule has 0 spiro atoms. The van der Waals surface area contributed by atoms with E-state index in [0.717, 1.165) is 37.4 Å². The maximum absolute atomic E-state index is 9.87. The van der Waals surface area contributed by atoms with Crippen molar-refractivity contribution >= 4 is 5.69 Å². The maximum Gasteiger partial charge on any atom is 0.141 e. The van der Waals surface area contributed by atoms with Crippen LogP contribution in [0.2, 0.25) is 0 Å². The molecule has 0 aliphatic carbocycles. The van der Waals surface area contributed by atoms with Crippen LogP contribution in [-0.4, -0.2) is 48.4 Å². The van der Waals surface area contributed by atoms with Crippen LogP contribution in [0.4, 0.5) is 5.69 Å². The molecule has 1 aliphatic heterocycles. The van der Waals surface area contributed by atoms with E-state index >= 15 is 0 Å². The zero-order chi connectivity index (χ0) is 14.6. The molecule has 0 amide bonds. The molecule has 1 aromatic carbocycles. The summed E-state index contributed by atoms with van der Waals surface area (Å²) in [6.45, 7) is 6.62. The smallest absolute Gasteiger partial charge is 0.141 e. The fourth-order valence-corrected chi connectivity index (χ4v) is 2.82. The van der Waals surface area contributed by atoms with Crippen LogP contribution in [0.5, 0.6) is 5.75 Å². The molecule has 0 bridgehead atoms. The summed E-state index contributed by atoms with van der Waals surface area (Å²) in [5.41, 5.74) is 0.724. The van der Waals surface area contributed by atoms with Gasteiger partial charge >= 0.3 is 0 Å². The van der Waals surface area contributed by atoms with Crippen LogP contribution >= 0.6 is 0 Å². The number of aliphatic hydroxyl groups excluding tert-OH is 1. The Morgan fingerprint density at radius 3 is 2.50 bits per heavy atom. The number of nitrogens with zero attached hydrogens (tertiary/aromatic N) is 1. The Hall–Kier alpha value is -1.26. The number of methoxy groups -OCH3 is 1. The molecular formula is C16H26N2O2. The van der Waals surface area contributed by atoms with E-state index < -0.39 is 0 Å². The van der Waals surface area contributed by atoms with E-state index in [1.54, 1.807) is 7.11 Å². The van der Waals surface area contributed by atoms with Gasteiger partial charge in [-0.2, -0.15) is 0 Å². The summed E-state index contributed by atoms with van der Waals surface area (Å²) < 4.78 is 5.38. The number of likely N-dealkylation sites (tertiary alicyclic amines) is 1. The normalized spacial score (nSPS) is 19.1. The highest BCUT2D eigenvalue weighted by atomic mass is 16.5. The topological polar surface area (TPSA) is 44.7 Å². The van der Waals surface area contributed by atoms with E-state index in [2.05, 4.69) is 24.1 Å². The second-order valence-electron chi connectivity index (χ2n) is 5.89. The SMILES string of the molecule is COc1ccccc1NC1(CO)CCN(C(C)C)CC1. The van der Waals surface area contributed by atoms with Gasteiger partial charge in [-0.05, 0) is 38.8 Å².